The van der Waals surface area contributed by atoms with Crippen LogP contribution in [0.1, 0.15) is 12.5 Å². The summed E-state index contributed by atoms with van der Waals surface area (Å²) >= 11 is 17.9. The number of nitrogens with zero attached hydrogens (tertiary/aromatic N) is 1. The van der Waals surface area contributed by atoms with E-state index in [1.807, 2.05) is 24.3 Å². The molecule has 2 aromatic rings. The first-order valence-electron chi connectivity index (χ1n) is 7.52. The van der Waals surface area contributed by atoms with E-state index < -0.39 is 11.8 Å². The average Bonchev–Trinajstić information content (AvgIpc) is 2.82. The van der Waals surface area contributed by atoms with Gasteiger partial charge in [0.05, 0.1) is 15.7 Å². The van der Waals surface area contributed by atoms with E-state index in [-0.39, 0.29) is 15.8 Å². The van der Waals surface area contributed by atoms with Gasteiger partial charge in [0.2, 0.25) is 0 Å². The number of rotatable bonds is 4. The van der Waals surface area contributed by atoms with E-state index in [1.54, 1.807) is 0 Å². The summed E-state index contributed by atoms with van der Waals surface area (Å²) in [7, 11) is 0. The molecule has 7 heteroatoms. The van der Waals surface area contributed by atoms with Crippen LogP contribution in [0.4, 0.5) is 11.4 Å². The van der Waals surface area contributed by atoms with Crippen LogP contribution in [0.3, 0.4) is 0 Å². The van der Waals surface area contributed by atoms with E-state index in [2.05, 4.69) is 12.2 Å². The predicted molar refractivity (Wildman–Crippen MR) is 101 cm³/mol. The SMILES string of the molecule is CCc1ccc(NC2=C(Cl)C(=O)N(c3ccc(Cl)c(Cl)c3)C2=O)cc1. The van der Waals surface area contributed by atoms with Gasteiger partial charge in [-0.15, -0.1) is 0 Å². The number of imide groups is 1. The van der Waals surface area contributed by atoms with E-state index >= 15 is 0 Å². The zero-order valence-electron chi connectivity index (χ0n) is 13.1. The van der Waals surface area contributed by atoms with Crippen LogP contribution in [0, 0.1) is 0 Å². The molecule has 1 N–H and O–H groups in total. The second-order valence-electron chi connectivity index (χ2n) is 5.41. The van der Waals surface area contributed by atoms with E-state index in [0.717, 1.165) is 16.9 Å². The molecule has 4 nitrogen and oxygen atoms in total. The molecule has 0 fully saturated rings. The van der Waals surface area contributed by atoms with Gasteiger partial charge in [0.1, 0.15) is 10.7 Å². The monoisotopic (exact) mass is 394 g/mol. The summed E-state index contributed by atoms with van der Waals surface area (Å²) in [4.78, 5) is 26.1. The molecule has 1 aliphatic heterocycles. The van der Waals surface area contributed by atoms with Gasteiger partial charge < -0.3 is 5.32 Å². The number of nitrogens with one attached hydrogen (secondary N) is 1. The van der Waals surface area contributed by atoms with Crippen molar-refractivity contribution in [2.75, 3.05) is 10.2 Å². The highest BCUT2D eigenvalue weighted by Gasteiger charge is 2.39. The lowest BCUT2D eigenvalue weighted by molar-refractivity contribution is -0.120. The Balaban J connectivity index is 1.89. The molecular weight excluding hydrogens is 383 g/mol. The lowest BCUT2D eigenvalue weighted by atomic mass is 10.1. The number of hydrogen-bond acceptors (Lipinski definition) is 3. The molecule has 0 saturated carbocycles. The second-order valence-corrected chi connectivity index (χ2v) is 6.60. The van der Waals surface area contributed by atoms with Crippen LogP contribution in [0.2, 0.25) is 10.0 Å². The predicted octanol–water partition coefficient (Wildman–Crippen LogP) is 4.99. The maximum Gasteiger partial charge on any atom is 0.283 e. The summed E-state index contributed by atoms with van der Waals surface area (Å²) in [6, 6.07) is 12.0. The summed E-state index contributed by atoms with van der Waals surface area (Å²) < 4.78 is 0. The molecule has 1 aliphatic rings. The van der Waals surface area contributed by atoms with Crippen molar-refractivity contribution in [3.05, 3.63) is 68.8 Å². The summed E-state index contributed by atoms with van der Waals surface area (Å²) in [5.41, 5.74) is 2.17. The van der Waals surface area contributed by atoms with E-state index in [0.29, 0.717) is 16.4 Å². The van der Waals surface area contributed by atoms with Gasteiger partial charge in [-0.1, -0.05) is 53.9 Å². The minimum absolute atomic E-state index is 0.0296. The Bertz CT molecular complexity index is 892. The van der Waals surface area contributed by atoms with Crippen molar-refractivity contribution in [2.24, 2.45) is 0 Å². The van der Waals surface area contributed by atoms with Gasteiger partial charge in [-0.25, -0.2) is 4.90 Å². The highest BCUT2D eigenvalue weighted by molar-refractivity contribution is 6.53. The van der Waals surface area contributed by atoms with Crippen molar-refractivity contribution < 1.29 is 9.59 Å². The lowest BCUT2D eigenvalue weighted by Crippen LogP contribution is -2.32. The van der Waals surface area contributed by atoms with Gasteiger partial charge in [0.15, 0.2) is 0 Å². The molecule has 0 radical (unpaired) electrons. The molecular formula is C18H13Cl3N2O2. The van der Waals surface area contributed by atoms with Gasteiger partial charge in [0.25, 0.3) is 11.8 Å². The van der Waals surface area contributed by atoms with Crippen LogP contribution in [-0.2, 0) is 16.0 Å². The molecule has 128 valence electrons. The van der Waals surface area contributed by atoms with Gasteiger partial charge in [0, 0.05) is 5.69 Å². The fourth-order valence-corrected chi connectivity index (χ4v) is 2.94. The molecule has 0 unspecified atom stereocenters. The molecule has 0 atom stereocenters. The number of carbonyl (C=O) groups excluding carboxylic acids is 2. The third-order valence-electron chi connectivity index (χ3n) is 3.82. The van der Waals surface area contributed by atoms with Crippen LogP contribution in [0.25, 0.3) is 0 Å². The number of anilines is 2. The van der Waals surface area contributed by atoms with Gasteiger partial charge in [-0.3, -0.25) is 9.59 Å². The number of halogens is 3. The molecule has 0 aromatic heterocycles. The first-order chi connectivity index (χ1) is 11.9. The molecule has 0 aliphatic carbocycles. The number of hydrogen-bond donors (Lipinski definition) is 1. The molecule has 3 rings (SSSR count). The Kier molecular flexibility index (Phi) is 5.04. The highest BCUT2D eigenvalue weighted by Crippen LogP contribution is 2.33. The molecule has 1 heterocycles. The van der Waals surface area contributed by atoms with E-state index in [9.17, 15) is 9.59 Å². The Morgan fingerprint density at radius 1 is 0.920 bits per heavy atom. The third kappa shape index (κ3) is 3.38. The van der Waals surface area contributed by atoms with Crippen LogP contribution in [0.15, 0.2) is 53.2 Å². The standard InChI is InChI=1S/C18H13Cl3N2O2/c1-2-10-3-5-11(6-4-10)22-16-15(21)17(24)23(18(16)25)12-7-8-13(19)14(20)9-12/h3-9,22H,2H2,1H3. The zero-order valence-corrected chi connectivity index (χ0v) is 15.4. The number of amides is 2. The first-order valence-corrected chi connectivity index (χ1v) is 8.65. The molecule has 2 aromatic carbocycles. The fourth-order valence-electron chi connectivity index (χ4n) is 2.44. The summed E-state index contributed by atoms with van der Waals surface area (Å²) in [5.74, 6) is -1.16. The second kappa shape index (κ2) is 7.08. The summed E-state index contributed by atoms with van der Waals surface area (Å²) in [6.45, 7) is 2.05. The van der Waals surface area contributed by atoms with Crippen LogP contribution >= 0.6 is 34.8 Å². The smallest absolute Gasteiger partial charge is 0.283 e. The topological polar surface area (TPSA) is 49.4 Å². The van der Waals surface area contributed by atoms with Crippen LogP contribution < -0.4 is 10.2 Å². The Morgan fingerprint density at radius 2 is 1.60 bits per heavy atom. The quantitative estimate of drug-likeness (QED) is 0.742. The van der Waals surface area contributed by atoms with E-state index in [4.69, 9.17) is 34.8 Å². The largest absolute Gasteiger partial charge is 0.350 e. The Hall–Kier alpha value is -2.01. The Morgan fingerprint density at radius 3 is 2.20 bits per heavy atom. The maximum atomic E-state index is 12.7. The molecule has 0 bridgehead atoms. The highest BCUT2D eigenvalue weighted by atomic mass is 35.5. The van der Waals surface area contributed by atoms with Crippen molar-refractivity contribution in [1.82, 2.24) is 0 Å². The van der Waals surface area contributed by atoms with E-state index in [1.165, 1.54) is 18.2 Å². The normalized spacial score (nSPS) is 14.5. The van der Waals surface area contributed by atoms with Gasteiger partial charge in [-0.2, -0.15) is 0 Å². The summed E-state index contributed by atoms with van der Waals surface area (Å²) in [5, 5.41) is 3.33. The van der Waals surface area contributed by atoms with Crippen molar-refractivity contribution >= 4 is 58.0 Å². The average molecular weight is 396 g/mol. The summed E-state index contributed by atoms with van der Waals surface area (Å²) in [6.07, 6.45) is 0.909. The maximum absolute atomic E-state index is 12.7. The Labute approximate surface area is 160 Å². The molecule has 2 amide bonds. The molecule has 0 saturated heterocycles. The van der Waals surface area contributed by atoms with Crippen molar-refractivity contribution in [3.8, 4) is 0 Å². The molecule has 0 spiro atoms. The lowest BCUT2D eigenvalue weighted by Gasteiger charge is -2.15. The number of benzene rings is 2. The minimum atomic E-state index is -0.613. The van der Waals surface area contributed by atoms with Crippen LogP contribution in [-0.4, -0.2) is 11.8 Å². The van der Waals surface area contributed by atoms with Crippen LogP contribution in [0.5, 0.6) is 0 Å². The van der Waals surface area contributed by atoms with Gasteiger partial charge >= 0.3 is 0 Å². The third-order valence-corrected chi connectivity index (χ3v) is 4.91. The zero-order chi connectivity index (χ0) is 18.1. The van der Waals surface area contributed by atoms with Crippen molar-refractivity contribution in [1.29, 1.82) is 0 Å². The fraction of sp³-hybridized carbons (Fsp3) is 0.111. The number of carbonyl (C=O) groups is 2. The van der Waals surface area contributed by atoms with Crippen molar-refractivity contribution in [3.63, 3.8) is 0 Å². The number of aryl methyl sites for hydroxylation is 1. The molecule has 25 heavy (non-hydrogen) atoms. The van der Waals surface area contributed by atoms with Gasteiger partial charge in [-0.05, 0) is 42.3 Å². The first kappa shape index (κ1) is 17.8. The van der Waals surface area contributed by atoms with Crippen molar-refractivity contribution in [2.45, 2.75) is 13.3 Å². The minimum Gasteiger partial charge on any atom is -0.350 e.